The highest BCUT2D eigenvalue weighted by molar-refractivity contribution is 6.38. The highest BCUT2D eigenvalue weighted by Gasteiger charge is 2.15. The van der Waals surface area contributed by atoms with E-state index in [2.05, 4.69) is 97.1 Å². The van der Waals surface area contributed by atoms with E-state index in [1.165, 1.54) is 64.6 Å². The molecule has 0 aliphatic carbocycles. The second kappa shape index (κ2) is 4.99. The Hall–Kier alpha value is -3.64. The third kappa shape index (κ3) is 1.66. The van der Waals surface area contributed by atoms with Gasteiger partial charge in [0.2, 0.25) is 0 Å². The van der Waals surface area contributed by atoms with Gasteiger partial charge in [0.1, 0.15) is 0 Å². The molecule has 0 saturated carbocycles. The lowest BCUT2D eigenvalue weighted by Gasteiger charge is -2.17. The van der Waals surface area contributed by atoms with Crippen LogP contribution in [0.4, 0.5) is 0 Å². The Labute approximate surface area is 162 Å². The summed E-state index contributed by atoms with van der Waals surface area (Å²) in [7, 11) is 0. The van der Waals surface area contributed by atoms with Crippen LogP contribution in [0.15, 0.2) is 97.1 Å². The second-order valence-corrected chi connectivity index (χ2v) is 7.75. The van der Waals surface area contributed by atoms with Crippen LogP contribution in [0, 0.1) is 0 Å². The van der Waals surface area contributed by atoms with E-state index < -0.39 is 0 Å². The fraction of sp³-hybridized carbons (Fsp3) is 0. The zero-order chi connectivity index (χ0) is 18.2. The van der Waals surface area contributed by atoms with Gasteiger partial charge in [0.25, 0.3) is 0 Å². The van der Waals surface area contributed by atoms with Gasteiger partial charge < -0.3 is 0 Å². The maximum atomic E-state index is 2.38. The van der Waals surface area contributed by atoms with Crippen LogP contribution in [-0.2, 0) is 0 Å². The van der Waals surface area contributed by atoms with Crippen LogP contribution in [-0.4, -0.2) is 0 Å². The minimum absolute atomic E-state index is 1.31. The van der Waals surface area contributed by atoms with Gasteiger partial charge >= 0.3 is 0 Å². The Kier molecular flexibility index (Phi) is 2.57. The maximum absolute atomic E-state index is 2.38. The van der Waals surface area contributed by atoms with Gasteiger partial charge in [-0.15, -0.1) is 0 Å². The molecule has 0 bridgehead atoms. The summed E-state index contributed by atoms with van der Waals surface area (Å²) in [5, 5.41) is 16.2. The van der Waals surface area contributed by atoms with E-state index in [1.54, 1.807) is 0 Å². The first-order valence-corrected chi connectivity index (χ1v) is 9.80. The van der Waals surface area contributed by atoms with Gasteiger partial charge in [-0.2, -0.15) is 0 Å². The van der Waals surface area contributed by atoms with E-state index in [4.69, 9.17) is 0 Å². The van der Waals surface area contributed by atoms with Crippen LogP contribution < -0.4 is 0 Å². The summed E-state index contributed by atoms with van der Waals surface area (Å²) >= 11 is 0. The van der Waals surface area contributed by atoms with E-state index in [1.807, 2.05) is 0 Å². The molecule has 0 aromatic heterocycles. The van der Waals surface area contributed by atoms with Crippen molar-refractivity contribution in [3.8, 4) is 0 Å². The fourth-order valence-electron chi connectivity index (χ4n) is 5.20. The van der Waals surface area contributed by atoms with Crippen LogP contribution in [0.2, 0.25) is 0 Å². The van der Waals surface area contributed by atoms with Crippen molar-refractivity contribution in [2.45, 2.75) is 0 Å². The topological polar surface area (TPSA) is 0 Å². The molecule has 0 saturated heterocycles. The summed E-state index contributed by atoms with van der Waals surface area (Å²) < 4.78 is 0. The van der Waals surface area contributed by atoms with Crippen molar-refractivity contribution in [3.63, 3.8) is 0 Å². The molecule has 0 atom stereocenters. The predicted octanol–water partition coefficient (Wildman–Crippen LogP) is 8.04. The second-order valence-electron chi connectivity index (χ2n) is 7.75. The average Bonchev–Trinajstić information content (AvgIpc) is 2.77. The normalized spacial score (nSPS) is 12.3. The molecule has 28 heavy (non-hydrogen) atoms. The molecule has 0 unspecified atom stereocenters. The average molecular weight is 352 g/mol. The molecule has 0 heteroatoms. The molecule has 0 aliphatic heterocycles. The number of rotatable bonds is 0. The quantitative estimate of drug-likeness (QED) is 0.191. The van der Waals surface area contributed by atoms with Gasteiger partial charge in [-0.25, -0.2) is 0 Å². The SMILES string of the molecule is c1ccc2c(c1)cc1c3cccc4c5ccccc5cc(c5cccc2c51)c43. The number of hydrogen-bond acceptors (Lipinski definition) is 0. The van der Waals surface area contributed by atoms with Crippen LogP contribution in [0.1, 0.15) is 0 Å². The minimum Gasteiger partial charge on any atom is -0.0616 e. The molecule has 128 valence electrons. The maximum Gasteiger partial charge on any atom is -0.00199 e. The zero-order valence-electron chi connectivity index (χ0n) is 15.2. The molecule has 0 heterocycles. The molecule has 0 radical (unpaired) electrons. The summed E-state index contributed by atoms with van der Waals surface area (Å²) in [6.07, 6.45) is 0. The Bertz CT molecular complexity index is 1570. The third-order valence-corrected chi connectivity index (χ3v) is 6.35. The Morgan fingerprint density at radius 1 is 0.286 bits per heavy atom. The van der Waals surface area contributed by atoms with E-state index in [0.717, 1.165) is 0 Å². The minimum atomic E-state index is 1.31. The predicted molar refractivity (Wildman–Crippen MR) is 123 cm³/mol. The van der Waals surface area contributed by atoms with Gasteiger partial charge in [0, 0.05) is 0 Å². The van der Waals surface area contributed by atoms with Gasteiger partial charge in [-0.3, -0.25) is 0 Å². The highest BCUT2D eigenvalue weighted by atomic mass is 14.2. The van der Waals surface area contributed by atoms with Crippen LogP contribution in [0.25, 0.3) is 64.6 Å². The van der Waals surface area contributed by atoms with E-state index in [9.17, 15) is 0 Å². The monoisotopic (exact) mass is 352 g/mol. The summed E-state index contributed by atoms with van der Waals surface area (Å²) in [6.45, 7) is 0. The summed E-state index contributed by atoms with van der Waals surface area (Å²) in [5.41, 5.74) is 0. The molecular weight excluding hydrogens is 336 g/mol. The van der Waals surface area contributed by atoms with Crippen molar-refractivity contribution < 1.29 is 0 Å². The van der Waals surface area contributed by atoms with Crippen molar-refractivity contribution in [2.75, 3.05) is 0 Å². The zero-order valence-corrected chi connectivity index (χ0v) is 15.2. The van der Waals surface area contributed by atoms with Gasteiger partial charge in [0.15, 0.2) is 0 Å². The molecule has 0 spiro atoms. The van der Waals surface area contributed by atoms with E-state index in [-0.39, 0.29) is 0 Å². The van der Waals surface area contributed by atoms with Crippen molar-refractivity contribution in [3.05, 3.63) is 97.1 Å². The van der Waals surface area contributed by atoms with Gasteiger partial charge in [-0.1, -0.05) is 84.9 Å². The lowest BCUT2D eigenvalue weighted by atomic mass is 9.86. The van der Waals surface area contributed by atoms with Crippen molar-refractivity contribution in [2.24, 2.45) is 0 Å². The molecule has 0 N–H and O–H groups in total. The highest BCUT2D eigenvalue weighted by Crippen LogP contribution is 2.44. The molecule has 7 rings (SSSR count). The molecule has 0 aliphatic rings. The molecule has 0 fully saturated rings. The summed E-state index contributed by atoms with van der Waals surface area (Å²) in [4.78, 5) is 0. The molecule has 0 nitrogen and oxygen atoms in total. The lowest BCUT2D eigenvalue weighted by Crippen LogP contribution is -1.89. The van der Waals surface area contributed by atoms with Crippen LogP contribution >= 0.6 is 0 Å². The van der Waals surface area contributed by atoms with Crippen molar-refractivity contribution in [1.82, 2.24) is 0 Å². The largest absolute Gasteiger partial charge is 0.0616 e. The lowest BCUT2D eigenvalue weighted by molar-refractivity contribution is 1.79. The van der Waals surface area contributed by atoms with Crippen molar-refractivity contribution >= 4 is 64.6 Å². The fourth-order valence-corrected chi connectivity index (χ4v) is 5.20. The van der Waals surface area contributed by atoms with E-state index in [0.29, 0.717) is 0 Å². The number of fused-ring (bicyclic) bond motifs is 6. The Morgan fingerprint density at radius 3 is 1.11 bits per heavy atom. The van der Waals surface area contributed by atoms with Gasteiger partial charge in [0.05, 0.1) is 0 Å². The third-order valence-electron chi connectivity index (χ3n) is 6.35. The standard InChI is InChI=1S/C28H16/c1-3-9-19-17(7-1)15-25-23-13-6-12-22-20-10-4-2-8-18(20)16-26(28(22)23)24-14-5-11-21(19)27(24)25/h1-16H. The van der Waals surface area contributed by atoms with E-state index >= 15 is 0 Å². The Balaban J connectivity index is 1.92. The number of hydrogen-bond donors (Lipinski definition) is 0. The summed E-state index contributed by atoms with van der Waals surface area (Å²) in [5.74, 6) is 0. The first-order chi connectivity index (χ1) is 13.9. The van der Waals surface area contributed by atoms with Gasteiger partial charge in [-0.05, 0) is 76.8 Å². The first kappa shape index (κ1) is 14.4. The Morgan fingerprint density at radius 2 is 0.643 bits per heavy atom. The summed E-state index contributed by atoms with van der Waals surface area (Å²) in [6, 6.07) is 35.8. The van der Waals surface area contributed by atoms with Crippen LogP contribution in [0.5, 0.6) is 0 Å². The molecule has 0 amide bonds. The van der Waals surface area contributed by atoms with Crippen LogP contribution in [0.3, 0.4) is 0 Å². The molecule has 7 aromatic rings. The molecule has 7 aromatic carbocycles. The first-order valence-electron chi connectivity index (χ1n) is 9.80. The molecular formula is C28H16. The van der Waals surface area contributed by atoms with Crippen molar-refractivity contribution in [1.29, 1.82) is 0 Å². The smallest absolute Gasteiger partial charge is 0.00199 e. The number of benzene rings is 7.